The first-order valence-corrected chi connectivity index (χ1v) is 7.69. The molecule has 0 saturated carbocycles. The lowest BCUT2D eigenvalue weighted by molar-refractivity contribution is -0.122. The van der Waals surface area contributed by atoms with Crippen LogP contribution in [0.2, 0.25) is 0 Å². The SMILES string of the molecule is CCCNC1COCC1C(=O)Cc1ccc(F)cc1Br. The maximum Gasteiger partial charge on any atom is 0.144 e. The molecular formula is C15H19BrFNO2. The van der Waals surface area contributed by atoms with Crippen LogP contribution in [0.5, 0.6) is 0 Å². The van der Waals surface area contributed by atoms with Gasteiger partial charge in [0.05, 0.1) is 19.1 Å². The van der Waals surface area contributed by atoms with Gasteiger partial charge in [-0.2, -0.15) is 0 Å². The molecule has 1 heterocycles. The monoisotopic (exact) mass is 343 g/mol. The van der Waals surface area contributed by atoms with E-state index < -0.39 is 0 Å². The largest absolute Gasteiger partial charge is 0.379 e. The molecule has 2 unspecified atom stereocenters. The minimum absolute atomic E-state index is 0.0988. The molecule has 110 valence electrons. The van der Waals surface area contributed by atoms with Gasteiger partial charge >= 0.3 is 0 Å². The lowest BCUT2D eigenvalue weighted by atomic mass is 9.93. The highest BCUT2D eigenvalue weighted by atomic mass is 79.9. The van der Waals surface area contributed by atoms with Crippen molar-refractivity contribution >= 4 is 21.7 Å². The Morgan fingerprint density at radius 2 is 2.30 bits per heavy atom. The normalized spacial score (nSPS) is 22.1. The lowest BCUT2D eigenvalue weighted by Gasteiger charge is -2.18. The molecule has 5 heteroatoms. The molecule has 0 amide bonds. The molecule has 1 aromatic carbocycles. The third-order valence-electron chi connectivity index (χ3n) is 3.53. The minimum atomic E-state index is -0.306. The summed E-state index contributed by atoms with van der Waals surface area (Å²) in [5, 5.41) is 3.35. The Labute approximate surface area is 127 Å². The minimum Gasteiger partial charge on any atom is -0.379 e. The number of carbonyl (C=O) groups is 1. The van der Waals surface area contributed by atoms with Crippen LogP contribution in [-0.2, 0) is 16.0 Å². The third kappa shape index (κ3) is 3.87. The van der Waals surface area contributed by atoms with Gasteiger partial charge in [0.2, 0.25) is 0 Å². The molecule has 1 saturated heterocycles. The summed E-state index contributed by atoms with van der Waals surface area (Å²) < 4.78 is 19.1. The molecule has 2 rings (SSSR count). The molecule has 1 fully saturated rings. The van der Waals surface area contributed by atoms with Gasteiger partial charge in [0, 0.05) is 16.9 Å². The predicted octanol–water partition coefficient (Wildman–Crippen LogP) is 2.71. The third-order valence-corrected chi connectivity index (χ3v) is 4.27. The van der Waals surface area contributed by atoms with Crippen LogP contribution in [0.4, 0.5) is 4.39 Å². The van der Waals surface area contributed by atoms with Crippen LogP contribution in [0.25, 0.3) is 0 Å². The second-order valence-corrected chi connectivity index (χ2v) is 5.94. The van der Waals surface area contributed by atoms with Crippen LogP contribution >= 0.6 is 15.9 Å². The molecule has 0 radical (unpaired) electrons. The van der Waals surface area contributed by atoms with Crippen molar-refractivity contribution in [2.24, 2.45) is 5.92 Å². The van der Waals surface area contributed by atoms with E-state index in [1.54, 1.807) is 6.07 Å². The van der Waals surface area contributed by atoms with Crippen molar-refractivity contribution in [3.8, 4) is 0 Å². The first-order valence-electron chi connectivity index (χ1n) is 6.89. The number of hydrogen-bond donors (Lipinski definition) is 1. The number of ketones is 1. The van der Waals surface area contributed by atoms with Gasteiger partial charge in [0.1, 0.15) is 11.6 Å². The van der Waals surface area contributed by atoms with E-state index in [1.165, 1.54) is 12.1 Å². The van der Waals surface area contributed by atoms with Crippen LogP contribution in [0, 0.1) is 11.7 Å². The number of hydrogen-bond acceptors (Lipinski definition) is 3. The fourth-order valence-corrected chi connectivity index (χ4v) is 2.88. The van der Waals surface area contributed by atoms with E-state index in [9.17, 15) is 9.18 Å². The number of nitrogens with one attached hydrogen (secondary N) is 1. The summed E-state index contributed by atoms with van der Waals surface area (Å²) in [6.45, 7) is 4.04. The van der Waals surface area contributed by atoms with Crippen molar-refractivity contribution in [3.05, 3.63) is 34.1 Å². The fraction of sp³-hybridized carbons (Fsp3) is 0.533. The summed E-state index contributed by atoms with van der Waals surface area (Å²) in [5.74, 6) is -0.276. The Balaban J connectivity index is 2.00. The highest BCUT2D eigenvalue weighted by Crippen LogP contribution is 2.22. The second kappa shape index (κ2) is 7.29. The molecule has 1 aromatic rings. The van der Waals surface area contributed by atoms with E-state index in [0.29, 0.717) is 24.1 Å². The van der Waals surface area contributed by atoms with Gasteiger partial charge in [0.15, 0.2) is 0 Å². The van der Waals surface area contributed by atoms with Crippen LogP contribution in [0.15, 0.2) is 22.7 Å². The molecule has 2 atom stereocenters. The van der Waals surface area contributed by atoms with E-state index in [0.717, 1.165) is 18.5 Å². The van der Waals surface area contributed by atoms with Gasteiger partial charge in [-0.1, -0.05) is 28.9 Å². The molecule has 3 nitrogen and oxygen atoms in total. The summed E-state index contributed by atoms with van der Waals surface area (Å²) in [6.07, 6.45) is 1.33. The molecule has 20 heavy (non-hydrogen) atoms. The number of carbonyl (C=O) groups excluding carboxylic acids is 1. The van der Waals surface area contributed by atoms with Gasteiger partial charge in [0.25, 0.3) is 0 Å². The van der Waals surface area contributed by atoms with Crippen molar-refractivity contribution < 1.29 is 13.9 Å². The summed E-state index contributed by atoms with van der Waals surface area (Å²) in [5.41, 5.74) is 0.817. The molecule has 0 aromatic heterocycles. The second-order valence-electron chi connectivity index (χ2n) is 5.08. The molecule has 0 aliphatic carbocycles. The van der Waals surface area contributed by atoms with Gasteiger partial charge in [-0.15, -0.1) is 0 Å². The zero-order valence-corrected chi connectivity index (χ0v) is 13.1. The van der Waals surface area contributed by atoms with Crippen molar-refractivity contribution in [2.45, 2.75) is 25.8 Å². The standard InChI is InChI=1S/C15H19BrFNO2/c1-2-5-18-14-9-20-8-12(14)15(19)6-10-3-4-11(17)7-13(10)16/h3-4,7,12,14,18H,2,5-6,8-9H2,1H3. The molecular weight excluding hydrogens is 325 g/mol. The Hall–Kier alpha value is -0.780. The molecule has 1 aliphatic rings. The molecule has 0 spiro atoms. The number of halogens is 2. The highest BCUT2D eigenvalue weighted by molar-refractivity contribution is 9.10. The zero-order chi connectivity index (χ0) is 14.5. The smallest absolute Gasteiger partial charge is 0.144 e. The Morgan fingerprint density at radius 1 is 1.50 bits per heavy atom. The summed E-state index contributed by atoms with van der Waals surface area (Å²) in [4.78, 5) is 12.4. The predicted molar refractivity (Wildman–Crippen MR) is 79.2 cm³/mol. The summed E-state index contributed by atoms with van der Waals surface area (Å²) >= 11 is 3.30. The van der Waals surface area contributed by atoms with Crippen LogP contribution in [0.1, 0.15) is 18.9 Å². The maximum atomic E-state index is 13.0. The van der Waals surface area contributed by atoms with Crippen LogP contribution in [-0.4, -0.2) is 31.6 Å². The first-order chi connectivity index (χ1) is 9.61. The number of benzene rings is 1. The quantitative estimate of drug-likeness (QED) is 0.862. The van der Waals surface area contributed by atoms with Crippen LogP contribution in [0.3, 0.4) is 0 Å². The average Bonchev–Trinajstić information content (AvgIpc) is 2.88. The van der Waals surface area contributed by atoms with Crippen molar-refractivity contribution in [1.82, 2.24) is 5.32 Å². The topological polar surface area (TPSA) is 38.3 Å². The fourth-order valence-electron chi connectivity index (χ4n) is 2.39. The van der Waals surface area contributed by atoms with E-state index in [2.05, 4.69) is 28.2 Å². The highest BCUT2D eigenvalue weighted by Gasteiger charge is 2.33. The van der Waals surface area contributed by atoms with Crippen molar-refractivity contribution in [1.29, 1.82) is 0 Å². The Kier molecular flexibility index (Phi) is 5.69. The molecule has 1 N–H and O–H groups in total. The van der Waals surface area contributed by atoms with E-state index >= 15 is 0 Å². The average molecular weight is 344 g/mol. The van der Waals surface area contributed by atoms with E-state index in [-0.39, 0.29) is 23.6 Å². The van der Waals surface area contributed by atoms with Gasteiger partial charge in [-0.3, -0.25) is 4.79 Å². The Bertz CT molecular complexity index is 481. The molecule has 1 aliphatic heterocycles. The van der Waals surface area contributed by atoms with Gasteiger partial charge in [-0.05, 0) is 30.7 Å². The summed E-state index contributed by atoms with van der Waals surface area (Å²) in [6, 6.07) is 4.52. The number of ether oxygens (including phenoxy) is 1. The molecule has 0 bridgehead atoms. The van der Waals surface area contributed by atoms with Gasteiger partial charge in [-0.25, -0.2) is 4.39 Å². The van der Waals surface area contributed by atoms with Crippen molar-refractivity contribution in [3.63, 3.8) is 0 Å². The van der Waals surface area contributed by atoms with Gasteiger partial charge < -0.3 is 10.1 Å². The summed E-state index contributed by atoms with van der Waals surface area (Å²) in [7, 11) is 0. The zero-order valence-electron chi connectivity index (χ0n) is 11.5. The Morgan fingerprint density at radius 3 is 3.00 bits per heavy atom. The lowest BCUT2D eigenvalue weighted by Crippen LogP contribution is -2.40. The number of Topliss-reactive ketones (excluding diaryl/α,β-unsaturated/α-hetero) is 1. The van der Waals surface area contributed by atoms with E-state index in [4.69, 9.17) is 4.74 Å². The van der Waals surface area contributed by atoms with Crippen molar-refractivity contribution in [2.75, 3.05) is 19.8 Å². The first kappa shape index (κ1) is 15.6. The number of rotatable bonds is 6. The van der Waals surface area contributed by atoms with E-state index in [1.807, 2.05) is 0 Å². The van der Waals surface area contributed by atoms with Crippen LogP contribution < -0.4 is 5.32 Å². The maximum absolute atomic E-state index is 13.0.